The van der Waals surface area contributed by atoms with Crippen LogP contribution in [0.4, 0.5) is 5.69 Å². The van der Waals surface area contributed by atoms with Gasteiger partial charge in [-0.25, -0.2) is 4.79 Å². The molecule has 1 rings (SSSR count). The SMILES string of the molecule is CCOC(=O)c1ccc(Cl)c(NC(=O)C(Br)C(=O)C(C)(C)C)c1. The lowest BCUT2D eigenvalue weighted by molar-refractivity contribution is -0.129. The summed E-state index contributed by atoms with van der Waals surface area (Å²) in [6.45, 7) is 7.12. The first-order valence-electron chi connectivity index (χ1n) is 7.03. The number of alkyl halides is 1. The normalized spacial score (nSPS) is 12.4. The molecule has 0 fully saturated rings. The van der Waals surface area contributed by atoms with E-state index in [0.29, 0.717) is 0 Å². The van der Waals surface area contributed by atoms with Crippen LogP contribution in [0.1, 0.15) is 38.1 Å². The van der Waals surface area contributed by atoms with Crippen molar-refractivity contribution < 1.29 is 19.1 Å². The van der Waals surface area contributed by atoms with E-state index in [1.807, 2.05) is 0 Å². The van der Waals surface area contributed by atoms with Gasteiger partial charge in [-0.15, -0.1) is 0 Å². The maximum absolute atomic E-state index is 12.2. The molecule has 1 unspecified atom stereocenters. The number of anilines is 1. The zero-order valence-electron chi connectivity index (χ0n) is 13.4. The minimum Gasteiger partial charge on any atom is -0.462 e. The van der Waals surface area contributed by atoms with Gasteiger partial charge in [-0.1, -0.05) is 48.3 Å². The van der Waals surface area contributed by atoms with Crippen molar-refractivity contribution >= 4 is 50.9 Å². The number of Topliss-reactive ketones (excluding diaryl/α,β-unsaturated/α-hetero) is 1. The van der Waals surface area contributed by atoms with Gasteiger partial charge < -0.3 is 10.1 Å². The molecule has 0 radical (unpaired) electrons. The second-order valence-electron chi connectivity index (χ2n) is 5.88. The molecule has 1 aromatic carbocycles. The van der Waals surface area contributed by atoms with E-state index in [-0.39, 0.29) is 28.7 Å². The molecule has 1 amide bonds. The average Bonchev–Trinajstić information content (AvgIpc) is 2.47. The number of halogens is 2. The molecule has 0 saturated heterocycles. The van der Waals surface area contributed by atoms with Crippen LogP contribution in [0.3, 0.4) is 0 Å². The molecule has 0 heterocycles. The molecular weight excluding hydrogens is 386 g/mol. The summed E-state index contributed by atoms with van der Waals surface area (Å²) in [7, 11) is 0. The van der Waals surface area contributed by atoms with Gasteiger partial charge in [0.2, 0.25) is 5.91 Å². The Hall–Kier alpha value is -1.40. The molecule has 1 atom stereocenters. The molecule has 1 aromatic rings. The Labute approximate surface area is 148 Å². The first kappa shape index (κ1) is 19.6. The third kappa shape index (κ3) is 5.32. The third-order valence-corrected chi connectivity index (χ3v) is 4.10. The molecule has 0 aliphatic heterocycles. The largest absolute Gasteiger partial charge is 0.462 e. The summed E-state index contributed by atoms with van der Waals surface area (Å²) in [6, 6.07) is 4.40. The minimum atomic E-state index is -1.01. The Morgan fingerprint density at radius 2 is 1.91 bits per heavy atom. The van der Waals surface area contributed by atoms with Gasteiger partial charge in [-0.2, -0.15) is 0 Å². The third-order valence-electron chi connectivity index (χ3n) is 2.93. The molecule has 0 spiro atoms. The number of hydrogen-bond donors (Lipinski definition) is 1. The van der Waals surface area contributed by atoms with Crippen LogP contribution in [-0.2, 0) is 14.3 Å². The van der Waals surface area contributed by atoms with Crippen LogP contribution < -0.4 is 5.32 Å². The summed E-state index contributed by atoms with van der Waals surface area (Å²) < 4.78 is 4.90. The van der Waals surface area contributed by atoms with Crippen LogP contribution in [0.15, 0.2) is 18.2 Å². The van der Waals surface area contributed by atoms with E-state index in [0.717, 1.165) is 0 Å². The lowest BCUT2D eigenvalue weighted by Gasteiger charge is -2.20. The van der Waals surface area contributed by atoms with Gasteiger partial charge in [0.25, 0.3) is 0 Å². The monoisotopic (exact) mass is 403 g/mol. The second-order valence-corrected chi connectivity index (χ2v) is 7.20. The van der Waals surface area contributed by atoms with Crippen LogP contribution in [0, 0.1) is 5.41 Å². The zero-order chi connectivity index (χ0) is 17.8. The second kappa shape index (κ2) is 7.93. The maximum atomic E-state index is 12.2. The number of nitrogens with one attached hydrogen (secondary N) is 1. The highest BCUT2D eigenvalue weighted by Crippen LogP contribution is 2.26. The van der Waals surface area contributed by atoms with Gasteiger partial charge in [-0.3, -0.25) is 9.59 Å². The topological polar surface area (TPSA) is 72.5 Å². The van der Waals surface area contributed by atoms with E-state index in [2.05, 4.69) is 21.2 Å². The molecule has 1 N–H and O–H groups in total. The highest BCUT2D eigenvalue weighted by atomic mass is 79.9. The number of amides is 1. The number of rotatable bonds is 5. The number of carbonyl (C=O) groups is 3. The first-order chi connectivity index (χ1) is 10.6. The van der Waals surface area contributed by atoms with Crippen molar-refractivity contribution in [2.24, 2.45) is 5.41 Å². The smallest absolute Gasteiger partial charge is 0.338 e. The summed E-state index contributed by atoms with van der Waals surface area (Å²) in [5.41, 5.74) is -0.157. The number of hydrogen-bond acceptors (Lipinski definition) is 4. The Balaban J connectivity index is 2.96. The number of benzene rings is 1. The minimum absolute atomic E-state index is 0.243. The molecule has 0 aliphatic rings. The summed E-state index contributed by atoms with van der Waals surface area (Å²) in [6.07, 6.45) is 0. The summed E-state index contributed by atoms with van der Waals surface area (Å²) >= 11 is 9.13. The Kier molecular flexibility index (Phi) is 6.77. The number of ketones is 1. The van der Waals surface area contributed by atoms with Gasteiger partial charge in [0.05, 0.1) is 22.9 Å². The van der Waals surface area contributed by atoms with Crippen LogP contribution in [0.5, 0.6) is 0 Å². The van der Waals surface area contributed by atoms with Crippen LogP contribution in [0.2, 0.25) is 5.02 Å². The standard InChI is InChI=1S/C16H19BrClNO4/c1-5-23-15(22)9-6-7-10(18)11(8-9)19-14(21)12(17)13(20)16(2,3)4/h6-8,12H,5H2,1-4H3,(H,19,21). The van der Waals surface area contributed by atoms with Crippen molar-refractivity contribution in [2.75, 3.05) is 11.9 Å². The quantitative estimate of drug-likeness (QED) is 0.460. The summed E-state index contributed by atoms with van der Waals surface area (Å²) in [5, 5.41) is 2.81. The lowest BCUT2D eigenvalue weighted by Crippen LogP contribution is -2.37. The zero-order valence-corrected chi connectivity index (χ0v) is 15.7. The van der Waals surface area contributed by atoms with Crippen molar-refractivity contribution in [2.45, 2.75) is 32.5 Å². The van der Waals surface area contributed by atoms with E-state index in [4.69, 9.17) is 16.3 Å². The van der Waals surface area contributed by atoms with Crippen LogP contribution in [-0.4, -0.2) is 29.1 Å². The van der Waals surface area contributed by atoms with E-state index >= 15 is 0 Å². The predicted octanol–water partition coefficient (Wildman–Crippen LogP) is 3.83. The van der Waals surface area contributed by atoms with Crippen molar-refractivity contribution in [1.29, 1.82) is 0 Å². The molecule has 0 saturated carbocycles. The van der Waals surface area contributed by atoms with Crippen molar-refractivity contribution in [3.63, 3.8) is 0 Å². The van der Waals surface area contributed by atoms with Crippen LogP contribution >= 0.6 is 27.5 Å². The molecule has 126 valence electrons. The molecule has 5 nitrogen and oxygen atoms in total. The molecule has 7 heteroatoms. The van der Waals surface area contributed by atoms with Crippen LogP contribution in [0.25, 0.3) is 0 Å². The molecule has 0 aromatic heterocycles. The molecule has 0 bridgehead atoms. The Morgan fingerprint density at radius 1 is 1.30 bits per heavy atom. The van der Waals surface area contributed by atoms with Crippen molar-refractivity contribution in [3.05, 3.63) is 28.8 Å². The molecular formula is C16H19BrClNO4. The maximum Gasteiger partial charge on any atom is 0.338 e. The number of esters is 1. The highest BCUT2D eigenvalue weighted by molar-refractivity contribution is 9.10. The van der Waals surface area contributed by atoms with E-state index < -0.39 is 22.1 Å². The van der Waals surface area contributed by atoms with Gasteiger partial charge in [-0.05, 0) is 25.1 Å². The fourth-order valence-electron chi connectivity index (χ4n) is 1.66. The van der Waals surface area contributed by atoms with Gasteiger partial charge in [0.15, 0.2) is 10.6 Å². The van der Waals surface area contributed by atoms with E-state index in [1.54, 1.807) is 27.7 Å². The van der Waals surface area contributed by atoms with Crippen molar-refractivity contribution in [1.82, 2.24) is 0 Å². The average molecular weight is 405 g/mol. The fraction of sp³-hybridized carbons (Fsp3) is 0.438. The predicted molar refractivity (Wildman–Crippen MR) is 93.2 cm³/mol. The van der Waals surface area contributed by atoms with Gasteiger partial charge in [0.1, 0.15) is 0 Å². The molecule has 0 aliphatic carbocycles. The number of ether oxygens (including phenoxy) is 1. The summed E-state index contributed by atoms with van der Waals surface area (Å²) in [5.74, 6) is -1.32. The number of carbonyl (C=O) groups excluding carboxylic acids is 3. The summed E-state index contributed by atoms with van der Waals surface area (Å²) in [4.78, 5) is 35.0. The van der Waals surface area contributed by atoms with Gasteiger partial charge >= 0.3 is 5.97 Å². The first-order valence-corrected chi connectivity index (χ1v) is 8.33. The van der Waals surface area contributed by atoms with E-state index in [1.165, 1.54) is 18.2 Å². The van der Waals surface area contributed by atoms with Gasteiger partial charge in [0, 0.05) is 5.41 Å². The Bertz CT molecular complexity index is 625. The molecule has 23 heavy (non-hydrogen) atoms. The Morgan fingerprint density at radius 3 is 2.43 bits per heavy atom. The fourth-order valence-corrected chi connectivity index (χ4v) is 2.62. The van der Waals surface area contributed by atoms with Crippen molar-refractivity contribution in [3.8, 4) is 0 Å². The van der Waals surface area contributed by atoms with E-state index in [9.17, 15) is 14.4 Å². The highest BCUT2D eigenvalue weighted by Gasteiger charge is 2.32. The lowest BCUT2D eigenvalue weighted by atomic mass is 9.89.